The molecule has 4 heteroatoms. The van der Waals surface area contributed by atoms with Gasteiger partial charge < -0.3 is 0 Å². The standard InChI is InChI=1S/C37H28S4/c1-21-22(2)39-35(38-21)19-25-13-15-29-27-9-5-7-11-31(27)37(33(29)17-25)32-12-8-6-10-28(32)30-16-14-26(18-34(30)37)20-36-40-23(3)24(4)41-36/h5-20H,1-4H3. The van der Waals surface area contributed by atoms with E-state index in [0.29, 0.717) is 0 Å². The third-order valence-electron chi connectivity index (χ3n) is 8.71. The van der Waals surface area contributed by atoms with Gasteiger partial charge in [-0.25, -0.2) is 0 Å². The third kappa shape index (κ3) is 3.88. The number of fused-ring (bicyclic) bond motifs is 10. The van der Waals surface area contributed by atoms with Gasteiger partial charge in [0.15, 0.2) is 0 Å². The molecule has 0 bridgehead atoms. The molecule has 2 aliphatic heterocycles. The lowest BCUT2D eigenvalue weighted by Gasteiger charge is -2.31. The molecule has 0 radical (unpaired) electrons. The second-order valence-electron chi connectivity index (χ2n) is 11.0. The Morgan fingerprint density at radius 1 is 0.439 bits per heavy atom. The van der Waals surface area contributed by atoms with Gasteiger partial charge in [-0.3, -0.25) is 0 Å². The van der Waals surface area contributed by atoms with Crippen LogP contribution in [0.1, 0.15) is 61.1 Å². The minimum Gasteiger partial charge on any atom is -0.0866 e. The van der Waals surface area contributed by atoms with Crippen LogP contribution >= 0.6 is 47.0 Å². The lowest BCUT2D eigenvalue weighted by atomic mass is 9.70. The number of rotatable bonds is 2. The summed E-state index contributed by atoms with van der Waals surface area (Å²) in [4.78, 5) is 5.63. The van der Waals surface area contributed by atoms with Crippen molar-refractivity contribution in [1.29, 1.82) is 0 Å². The van der Waals surface area contributed by atoms with Crippen molar-refractivity contribution in [2.45, 2.75) is 33.1 Å². The van der Waals surface area contributed by atoms with E-state index in [9.17, 15) is 0 Å². The Hall–Kier alpha value is -2.76. The summed E-state index contributed by atoms with van der Waals surface area (Å²) in [5, 5.41) is 0. The SMILES string of the molecule is CC1=C(C)SC(=Cc2ccc3c(c2)C2(c4ccccc4-3)c3ccccc3-c3ccc(C=C4SC(C)=C(C)S4)cc32)S1. The Bertz CT molecular complexity index is 1760. The van der Waals surface area contributed by atoms with Crippen molar-refractivity contribution in [2.75, 3.05) is 0 Å². The zero-order valence-corrected chi connectivity index (χ0v) is 26.6. The van der Waals surface area contributed by atoms with Crippen LogP contribution in [0, 0.1) is 0 Å². The van der Waals surface area contributed by atoms with E-state index < -0.39 is 0 Å². The summed E-state index contributed by atoms with van der Waals surface area (Å²) >= 11 is 7.59. The number of hydrogen-bond acceptors (Lipinski definition) is 4. The number of hydrogen-bond donors (Lipinski definition) is 0. The Morgan fingerprint density at radius 2 is 0.805 bits per heavy atom. The summed E-state index contributed by atoms with van der Waals surface area (Å²) in [6.07, 6.45) is 4.75. The zero-order chi connectivity index (χ0) is 27.9. The van der Waals surface area contributed by atoms with Gasteiger partial charge in [-0.1, -0.05) is 120 Å². The van der Waals surface area contributed by atoms with Crippen LogP contribution < -0.4 is 0 Å². The number of benzene rings is 4. The molecule has 2 aliphatic carbocycles. The van der Waals surface area contributed by atoms with Crippen LogP contribution in [0.4, 0.5) is 0 Å². The molecule has 2 heterocycles. The maximum absolute atomic E-state index is 2.47. The van der Waals surface area contributed by atoms with Crippen LogP contribution in [-0.2, 0) is 5.41 Å². The van der Waals surface area contributed by atoms with Crippen molar-refractivity contribution in [3.05, 3.63) is 146 Å². The Labute approximate surface area is 259 Å². The topological polar surface area (TPSA) is 0 Å². The van der Waals surface area contributed by atoms with Crippen LogP contribution in [0.25, 0.3) is 34.4 Å². The summed E-state index contributed by atoms with van der Waals surface area (Å²) in [5.41, 5.74) is 13.2. The fourth-order valence-electron chi connectivity index (χ4n) is 6.68. The molecule has 0 amide bonds. The van der Waals surface area contributed by atoms with Crippen molar-refractivity contribution < 1.29 is 0 Å². The molecule has 0 aromatic heterocycles. The summed E-state index contributed by atoms with van der Waals surface area (Å²) < 4.78 is 2.72. The van der Waals surface area contributed by atoms with Crippen molar-refractivity contribution in [3.8, 4) is 22.3 Å². The van der Waals surface area contributed by atoms with Gasteiger partial charge in [-0.15, -0.1) is 0 Å². The summed E-state index contributed by atoms with van der Waals surface area (Å²) in [5.74, 6) is 0. The first-order valence-electron chi connectivity index (χ1n) is 13.9. The van der Waals surface area contributed by atoms with E-state index in [4.69, 9.17) is 0 Å². The van der Waals surface area contributed by atoms with Crippen molar-refractivity contribution in [1.82, 2.24) is 0 Å². The summed E-state index contributed by atoms with van der Waals surface area (Å²) in [6, 6.07) is 32.5. The van der Waals surface area contributed by atoms with E-state index in [2.05, 4.69) is 125 Å². The van der Waals surface area contributed by atoms with Gasteiger partial charge in [-0.2, -0.15) is 0 Å². The molecule has 0 nitrogen and oxygen atoms in total. The molecule has 0 fully saturated rings. The molecule has 8 rings (SSSR count). The van der Waals surface area contributed by atoms with E-state index >= 15 is 0 Å². The molecule has 1 spiro atoms. The zero-order valence-electron chi connectivity index (χ0n) is 23.4. The van der Waals surface area contributed by atoms with Gasteiger partial charge >= 0.3 is 0 Å². The maximum atomic E-state index is 2.47. The highest BCUT2D eigenvalue weighted by molar-refractivity contribution is 8.29. The largest absolute Gasteiger partial charge is 0.0866 e. The minimum absolute atomic E-state index is 0.332. The lowest BCUT2D eigenvalue weighted by Crippen LogP contribution is -2.26. The maximum Gasteiger partial charge on any atom is 0.0725 e. The highest BCUT2D eigenvalue weighted by atomic mass is 32.2. The number of allylic oxidation sites excluding steroid dienone is 4. The van der Waals surface area contributed by atoms with E-state index in [1.807, 2.05) is 47.0 Å². The quantitative estimate of drug-likeness (QED) is 0.194. The Morgan fingerprint density at radius 3 is 1.22 bits per heavy atom. The molecule has 41 heavy (non-hydrogen) atoms. The fraction of sp³-hybridized carbons (Fsp3) is 0.135. The van der Waals surface area contributed by atoms with Crippen LogP contribution in [0.3, 0.4) is 0 Å². The molecular weight excluding hydrogens is 573 g/mol. The highest BCUT2D eigenvalue weighted by Crippen LogP contribution is 2.63. The Kier molecular flexibility index (Phi) is 6.09. The summed E-state index contributed by atoms with van der Waals surface area (Å²) in [7, 11) is 0. The van der Waals surface area contributed by atoms with Gasteiger partial charge in [0, 0.05) is 8.47 Å². The normalized spacial score (nSPS) is 17.8. The Balaban J connectivity index is 1.37. The molecular formula is C37H28S4. The molecule has 4 aliphatic rings. The molecule has 0 atom stereocenters. The second-order valence-corrected chi connectivity index (χ2v) is 16.6. The monoisotopic (exact) mass is 600 g/mol. The van der Waals surface area contributed by atoms with Crippen molar-refractivity contribution >= 4 is 59.2 Å². The highest BCUT2D eigenvalue weighted by Gasteiger charge is 2.51. The first-order chi connectivity index (χ1) is 19.9. The van der Waals surface area contributed by atoms with Crippen LogP contribution in [-0.4, -0.2) is 0 Å². The molecule has 0 saturated carbocycles. The van der Waals surface area contributed by atoms with Crippen molar-refractivity contribution in [2.24, 2.45) is 0 Å². The fourth-order valence-corrected chi connectivity index (χ4v) is 11.6. The van der Waals surface area contributed by atoms with E-state index in [1.54, 1.807) is 0 Å². The lowest BCUT2D eigenvalue weighted by molar-refractivity contribution is 0.793. The molecule has 200 valence electrons. The molecule has 4 aromatic carbocycles. The number of thioether (sulfide) groups is 4. The predicted molar refractivity (Wildman–Crippen MR) is 186 cm³/mol. The summed E-state index contributed by atoms with van der Waals surface area (Å²) in [6.45, 7) is 8.90. The predicted octanol–water partition coefficient (Wildman–Crippen LogP) is 12.1. The van der Waals surface area contributed by atoms with Crippen molar-refractivity contribution in [3.63, 3.8) is 0 Å². The average molecular weight is 601 g/mol. The van der Waals surface area contributed by atoms with E-state index in [-0.39, 0.29) is 5.41 Å². The van der Waals surface area contributed by atoms with Gasteiger partial charge in [0.1, 0.15) is 0 Å². The minimum atomic E-state index is -0.332. The molecule has 0 saturated heterocycles. The average Bonchev–Trinajstić information content (AvgIpc) is 3.66. The first-order valence-corrected chi connectivity index (χ1v) is 17.2. The first kappa shape index (κ1) is 25.9. The van der Waals surface area contributed by atoms with Gasteiger partial charge in [0.2, 0.25) is 0 Å². The molecule has 0 unspecified atom stereocenters. The smallest absolute Gasteiger partial charge is 0.0725 e. The molecule has 4 aromatic rings. The van der Waals surface area contributed by atoms with Gasteiger partial charge in [0.25, 0.3) is 0 Å². The third-order valence-corrected chi connectivity index (χ3v) is 13.7. The van der Waals surface area contributed by atoms with Gasteiger partial charge in [0.05, 0.1) is 5.41 Å². The van der Waals surface area contributed by atoms with Crippen LogP contribution in [0.15, 0.2) is 113 Å². The van der Waals surface area contributed by atoms with Gasteiger partial charge in [-0.05, 0) is 127 Å². The van der Waals surface area contributed by atoms with E-state index in [0.717, 1.165) is 0 Å². The second kappa shape index (κ2) is 9.64. The molecule has 0 N–H and O–H groups in total. The van der Waals surface area contributed by atoms with Crippen LogP contribution in [0.2, 0.25) is 0 Å². The van der Waals surface area contributed by atoms with E-state index in [1.165, 1.54) is 83.7 Å². The van der Waals surface area contributed by atoms with Crippen LogP contribution in [0.5, 0.6) is 0 Å².